The molecule has 1 saturated heterocycles. The minimum atomic E-state index is 0.258. The van der Waals surface area contributed by atoms with E-state index in [1.165, 1.54) is 76.4 Å². The van der Waals surface area contributed by atoms with Crippen molar-refractivity contribution in [3.05, 3.63) is 0 Å². The summed E-state index contributed by atoms with van der Waals surface area (Å²) in [7, 11) is 2.17. The summed E-state index contributed by atoms with van der Waals surface area (Å²) >= 11 is 2.24. The summed E-state index contributed by atoms with van der Waals surface area (Å²) in [6.07, 6.45) is 15.2. The lowest BCUT2D eigenvalue weighted by molar-refractivity contribution is -0.120. The summed E-state index contributed by atoms with van der Waals surface area (Å²) in [5, 5.41) is 4.59. The van der Waals surface area contributed by atoms with Gasteiger partial charge in [-0.2, -0.15) is 11.8 Å². The van der Waals surface area contributed by atoms with Crippen LogP contribution in [0.5, 0.6) is 0 Å². The zero-order valence-electron chi connectivity index (χ0n) is 13.7. The van der Waals surface area contributed by atoms with E-state index in [4.69, 9.17) is 4.74 Å². The third kappa shape index (κ3) is 4.17. The van der Waals surface area contributed by atoms with Crippen LogP contribution >= 0.6 is 11.8 Å². The Hall–Kier alpha value is 0.270. The number of hydrogen-bond acceptors (Lipinski definition) is 3. The molecule has 1 N–H and O–H groups in total. The molecule has 3 aliphatic rings. The van der Waals surface area contributed by atoms with Crippen molar-refractivity contribution in [2.75, 3.05) is 19.4 Å². The predicted octanol–water partition coefficient (Wildman–Crippen LogP) is 4.38. The number of thioether (sulfide) groups is 1. The van der Waals surface area contributed by atoms with Gasteiger partial charge in [0.1, 0.15) is 0 Å². The minimum Gasteiger partial charge on any atom is -0.375 e. The van der Waals surface area contributed by atoms with Crippen LogP contribution in [0.2, 0.25) is 0 Å². The van der Waals surface area contributed by atoms with E-state index in [-0.39, 0.29) is 5.60 Å². The van der Waals surface area contributed by atoms with Gasteiger partial charge >= 0.3 is 0 Å². The Balaban J connectivity index is 1.52. The molecule has 3 fully saturated rings. The average Bonchev–Trinajstić information content (AvgIpc) is 3.02. The van der Waals surface area contributed by atoms with Gasteiger partial charge in [-0.1, -0.05) is 32.1 Å². The van der Waals surface area contributed by atoms with Crippen molar-refractivity contribution in [1.82, 2.24) is 5.32 Å². The van der Waals surface area contributed by atoms with Crippen LogP contribution in [0.3, 0.4) is 0 Å². The fraction of sp³-hybridized carbons (Fsp3) is 1.00. The van der Waals surface area contributed by atoms with Crippen molar-refractivity contribution in [3.63, 3.8) is 0 Å². The molecule has 1 spiro atoms. The first kappa shape index (κ1) is 16.1. The standard InChI is InChI=1S/C18H33NOS/c1-19-17(14-21-16-7-3-4-8-16)15-9-12-20-18(13-15)10-5-2-6-11-18/h15-17,19H,2-14H2,1H3. The van der Waals surface area contributed by atoms with Gasteiger partial charge in [-0.15, -0.1) is 0 Å². The molecule has 2 nitrogen and oxygen atoms in total. The maximum atomic E-state index is 6.27. The Morgan fingerprint density at radius 1 is 1.10 bits per heavy atom. The van der Waals surface area contributed by atoms with E-state index < -0.39 is 0 Å². The van der Waals surface area contributed by atoms with Crippen molar-refractivity contribution >= 4 is 11.8 Å². The molecule has 3 rings (SSSR count). The highest BCUT2D eigenvalue weighted by Crippen LogP contribution is 2.42. The van der Waals surface area contributed by atoms with Gasteiger partial charge in [0.2, 0.25) is 0 Å². The Bertz CT molecular complexity index is 305. The third-order valence-corrected chi connectivity index (χ3v) is 7.54. The van der Waals surface area contributed by atoms with Crippen LogP contribution in [0, 0.1) is 5.92 Å². The zero-order chi connectivity index (χ0) is 14.5. The maximum Gasteiger partial charge on any atom is 0.0685 e. The molecule has 21 heavy (non-hydrogen) atoms. The zero-order valence-corrected chi connectivity index (χ0v) is 14.6. The quantitative estimate of drug-likeness (QED) is 0.814. The molecule has 2 saturated carbocycles. The smallest absolute Gasteiger partial charge is 0.0685 e. The van der Waals surface area contributed by atoms with Crippen LogP contribution < -0.4 is 5.32 Å². The molecule has 0 radical (unpaired) electrons. The van der Waals surface area contributed by atoms with Gasteiger partial charge in [0, 0.05) is 23.7 Å². The van der Waals surface area contributed by atoms with Gasteiger partial charge in [-0.25, -0.2) is 0 Å². The van der Waals surface area contributed by atoms with Gasteiger partial charge < -0.3 is 10.1 Å². The molecule has 0 aromatic rings. The third-order valence-electron chi connectivity index (χ3n) is 6.05. The summed E-state index contributed by atoms with van der Waals surface area (Å²) in [4.78, 5) is 0. The van der Waals surface area contributed by atoms with Gasteiger partial charge in [0.25, 0.3) is 0 Å². The monoisotopic (exact) mass is 311 g/mol. The van der Waals surface area contributed by atoms with Crippen LogP contribution in [0.15, 0.2) is 0 Å². The van der Waals surface area contributed by atoms with Crippen molar-refractivity contribution < 1.29 is 4.74 Å². The van der Waals surface area contributed by atoms with Crippen molar-refractivity contribution in [1.29, 1.82) is 0 Å². The summed E-state index contributed by atoms with van der Waals surface area (Å²) in [6.45, 7) is 0.997. The fourth-order valence-corrected chi connectivity index (χ4v) is 6.29. The molecule has 0 aromatic heterocycles. The second kappa shape index (κ2) is 7.70. The molecular formula is C18H33NOS. The highest BCUT2D eigenvalue weighted by Gasteiger charge is 2.40. The number of ether oxygens (including phenoxy) is 1. The summed E-state index contributed by atoms with van der Waals surface area (Å²) in [6, 6.07) is 0.693. The number of rotatable bonds is 5. The van der Waals surface area contributed by atoms with Crippen molar-refractivity contribution in [2.24, 2.45) is 5.92 Å². The van der Waals surface area contributed by atoms with Crippen molar-refractivity contribution in [3.8, 4) is 0 Å². The first-order chi connectivity index (χ1) is 10.3. The van der Waals surface area contributed by atoms with Crippen LogP contribution in [-0.2, 0) is 4.74 Å². The van der Waals surface area contributed by atoms with E-state index >= 15 is 0 Å². The van der Waals surface area contributed by atoms with E-state index in [0.717, 1.165) is 17.8 Å². The highest BCUT2D eigenvalue weighted by atomic mass is 32.2. The van der Waals surface area contributed by atoms with Crippen LogP contribution in [-0.4, -0.2) is 36.3 Å². The Kier molecular flexibility index (Phi) is 5.92. The van der Waals surface area contributed by atoms with Gasteiger partial charge in [-0.3, -0.25) is 0 Å². The lowest BCUT2D eigenvalue weighted by atomic mass is 9.74. The average molecular weight is 312 g/mol. The molecule has 1 aliphatic heterocycles. The van der Waals surface area contributed by atoms with Gasteiger partial charge in [0.05, 0.1) is 5.60 Å². The van der Waals surface area contributed by atoms with E-state index in [0.29, 0.717) is 6.04 Å². The molecule has 0 bridgehead atoms. The molecular weight excluding hydrogens is 278 g/mol. The molecule has 0 amide bonds. The van der Waals surface area contributed by atoms with E-state index in [9.17, 15) is 0 Å². The lowest BCUT2D eigenvalue weighted by Gasteiger charge is -2.45. The number of hydrogen-bond donors (Lipinski definition) is 1. The van der Waals surface area contributed by atoms with E-state index in [1.807, 2.05) is 0 Å². The summed E-state index contributed by atoms with van der Waals surface area (Å²) in [5.41, 5.74) is 0.258. The molecule has 2 unspecified atom stereocenters. The minimum absolute atomic E-state index is 0.258. The Morgan fingerprint density at radius 3 is 2.57 bits per heavy atom. The summed E-state index contributed by atoms with van der Waals surface area (Å²) < 4.78 is 6.27. The van der Waals surface area contributed by atoms with Gasteiger partial charge in [-0.05, 0) is 51.5 Å². The lowest BCUT2D eigenvalue weighted by Crippen LogP contribution is -2.48. The second-order valence-corrected chi connectivity index (χ2v) is 8.81. The van der Waals surface area contributed by atoms with E-state index in [1.54, 1.807) is 0 Å². The fourth-order valence-electron chi connectivity index (χ4n) is 4.70. The molecule has 122 valence electrons. The second-order valence-electron chi connectivity index (χ2n) is 7.48. The normalized spacial score (nSPS) is 31.6. The number of nitrogens with one attached hydrogen (secondary N) is 1. The Morgan fingerprint density at radius 2 is 1.86 bits per heavy atom. The summed E-state index contributed by atoms with van der Waals surface area (Å²) in [5.74, 6) is 2.14. The SMILES string of the molecule is CNC(CSC1CCCC1)C1CCOC2(CCCCC2)C1. The first-order valence-corrected chi connectivity index (χ1v) is 10.3. The highest BCUT2D eigenvalue weighted by molar-refractivity contribution is 7.99. The first-order valence-electron chi connectivity index (χ1n) is 9.24. The van der Waals surface area contributed by atoms with Crippen LogP contribution in [0.1, 0.15) is 70.6 Å². The Labute approximate surface area is 135 Å². The molecule has 0 aromatic carbocycles. The van der Waals surface area contributed by atoms with Gasteiger partial charge in [0.15, 0.2) is 0 Å². The molecule has 1 heterocycles. The van der Waals surface area contributed by atoms with Crippen LogP contribution in [0.25, 0.3) is 0 Å². The van der Waals surface area contributed by atoms with Crippen LogP contribution in [0.4, 0.5) is 0 Å². The molecule has 2 aliphatic carbocycles. The topological polar surface area (TPSA) is 21.3 Å². The predicted molar refractivity (Wildman–Crippen MR) is 92.1 cm³/mol. The molecule has 2 atom stereocenters. The van der Waals surface area contributed by atoms with Crippen molar-refractivity contribution in [2.45, 2.75) is 87.5 Å². The maximum absolute atomic E-state index is 6.27. The van der Waals surface area contributed by atoms with E-state index in [2.05, 4.69) is 24.1 Å². The molecule has 3 heteroatoms. The largest absolute Gasteiger partial charge is 0.375 e.